The summed E-state index contributed by atoms with van der Waals surface area (Å²) in [4.78, 5) is 2.38. The Labute approximate surface area is 99.5 Å². The number of rotatable bonds is 2. The first-order valence-electron chi connectivity index (χ1n) is 6.31. The van der Waals surface area contributed by atoms with Crippen LogP contribution in [0.4, 0.5) is 0 Å². The predicted octanol–water partition coefficient (Wildman–Crippen LogP) is 3.50. The van der Waals surface area contributed by atoms with E-state index in [4.69, 9.17) is 0 Å². The normalized spacial score (nSPS) is 25.3. The van der Waals surface area contributed by atoms with Gasteiger partial charge in [-0.3, -0.25) is 0 Å². The van der Waals surface area contributed by atoms with E-state index in [9.17, 15) is 0 Å². The summed E-state index contributed by atoms with van der Waals surface area (Å²) in [5.41, 5.74) is 4.43. The van der Waals surface area contributed by atoms with Gasteiger partial charge >= 0.3 is 0 Å². The van der Waals surface area contributed by atoms with Crippen molar-refractivity contribution in [2.24, 2.45) is 0 Å². The van der Waals surface area contributed by atoms with Gasteiger partial charge in [0.25, 0.3) is 0 Å². The van der Waals surface area contributed by atoms with Crippen LogP contribution in [0.1, 0.15) is 41.9 Å². The smallest absolute Gasteiger partial charge is 0.00952 e. The third kappa shape index (κ3) is 2.30. The topological polar surface area (TPSA) is 3.24 Å². The summed E-state index contributed by atoms with van der Waals surface area (Å²) in [5.74, 6) is 0.785. The van der Waals surface area contributed by atoms with Crippen molar-refractivity contribution < 1.29 is 0 Å². The van der Waals surface area contributed by atoms with Gasteiger partial charge in [-0.25, -0.2) is 0 Å². The van der Waals surface area contributed by atoms with Crippen LogP contribution in [0, 0.1) is 13.8 Å². The van der Waals surface area contributed by atoms with Crippen molar-refractivity contribution in [2.75, 3.05) is 14.1 Å². The lowest BCUT2D eigenvalue weighted by Crippen LogP contribution is -2.24. The summed E-state index contributed by atoms with van der Waals surface area (Å²) in [6.45, 7) is 4.43. The van der Waals surface area contributed by atoms with Crippen molar-refractivity contribution in [3.05, 3.63) is 34.9 Å². The minimum atomic E-state index is 0.783. The van der Waals surface area contributed by atoms with Crippen molar-refractivity contribution in [2.45, 2.75) is 45.1 Å². The summed E-state index contributed by atoms with van der Waals surface area (Å²) in [7, 11) is 4.41. The van der Waals surface area contributed by atoms with Gasteiger partial charge in [-0.1, -0.05) is 23.8 Å². The molecule has 0 N–H and O–H groups in total. The standard InChI is InChI=1S/C15H23N/c1-11-5-8-15(12(2)9-11)13-6-7-14(10-13)16(3)4/h5,8-9,13-14H,6-7,10H2,1-4H3. The Morgan fingerprint density at radius 1 is 1.12 bits per heavy atom. The van der Waals surface area contributed by atoms with Gasteiger partial charge in [0.15, 0.2) is 0 Å². The highest BCUT2D eigenvalue weighted by Gasteiger charge is 2.27. The molecule has 1 aliphatic rings. The van der Waals surface area contributed by atoms with Crippen LogP contribution < -0.4 is 0 Å². The van der Waals surface area contributed by atoms with Gasteiger partial charge in [0, 0.05) is 6.04 Å². The van der Waals surface area contributed by atoms with Crippen LogP contribution in [0.15, 0.2) is 18.2 Å². The molecular weight excluding hydrogens is 194 g/mol. The minimum absolute atomic E-state index is 0.783. The predicted molar refractivity (Wildman–Crippen MR) is 70.0 cm³/mol. The monoisotopic (exact) mass is 217 g/mol. The summed E-state index contributed by atoms with van der Waals surface area (Å²) in [5, 5.41) is 0. The number of aryl methyl sites for hydroxylation is 2. The molecule has 0 radical (unpaired) electrons. The highest BCUT2D eigenvalue weighted by Crippen LogP contribution is 2.37. The van der Waals surface area contributed by atoms with Gasteiger partial charge in [-0.15, -0.1) is 0 Å². The first-order valence-corrected chi connectivity index (χ1v) is 6.31. The van der Waals surface area contributed by atoms with E-state index in [1.54, 1.807) is 5.56 Å². The van der Waals surface area contributed by atoms with Crippen molar-refractivity contribution in [3.63, 3.8) is 0 Å². The summed E-state index contributed by atoms with van der Waals surface area (Å²) < 4.78 is 0. The third-order valence-corrected chi connectivity index (χ3v) is 4.00. The van der Waals surface area contributed by atoms with Gasteiger partial charge in [0.1, 0.15) is 0 Å². The summed E-state index contributed by atoms with van der Waals surface area (Å²) in [6, 6.07) is 7.70. The highest BCUT2D eigenvalue weighted by molar-refractivity contribution is 5.33. The Morgan fingerprint density at radius 3 is 2.44 bits per heavy atom. The van der Waals surface area contributed by atoms with Gasteiger partial charge in [0.2, 0.25) is 0 Å². The Morgan fingerprint density at radius 2 is 1.88 bits per heavy atom. The Balaban J connectivity index is 2.14. The molecule has 0 aromatic heterocycles. The van der Waals surface area contributed by atoms with Gasteiger partial charge in [0.05, 0.1) is 0 Å². The van der Waals surface area contributed by atoms with Gasteiger partial charge < -0.3 is 4.90 Å². The van der Waals surface area contributed by atoms with E-state index >= 15 is 0 Å². The molecule has 2 unspecified atom stereocenters. The van der Waals surface area contributed by atoms with E-state index in [1.165, 1.54) is 30.4 Å². The molecule has 1 aromatic carbocycles. The van der Waals surface area contributed by atoms with E-state index in [1.807, 2.05) is 0 Å². The highest BCUT2D eigenvalue weighted by atomic mass is 15.1. The molecule has 2 atom stereocenters. The zero-order chi connectivity index (χ0) is 11.7. The molecule has 1 aromatic rings. The Hall–Kier alpha value is -0.820. The Kier molecular flexibility index (Phi) is 3.34. The van der Waals surface area contributed by atoms with E-state index in [2.05, 4.69) is 51.0 Å². The molecule has 0 aliphatic heterocycles. The molecule has 1 heteroatoms. The molecule has 1 aliphatic carbocycles. The molecule has 0 bridgehead atoms. The quantitative estimate of drug-likeness (QED) is 0.733. The summed E-state index contributed by atoms with van der Waals surface area (Å²) in [6.07, 6.45) is 4.04. The number of hydrogen-bond donors (Lipinski definition) is 0. The minimum Gasteiger partial charge on any atom is -0.306 e. The molecular formula is C15H23N. The second kappa shape index (κ2) is 4.58. The fourth-order valence-corrected chi connectivity index (χ4v) is 2.99. The zero-order valence-electron chi connectivity index (χ0n) is 11.0. The van der Waals surface area contributed by atoms with Crippen molar-refractivity contribution in [1.29, 1.82) is 0 Å². The van der Waals surface area contributed by atoms with Crippen LogP contribution in [-0.4, -0.2) is 25.0 Å². The van der Waals surface area contributed by atoms with Gasteiger partial charge in [-0.05, 0) is 64.3 Å². The van der Waals surface area contributed by atoms with Crippen LogP contribution in [0.2, 0.25) is 0 Å². The zero-order valence-corrected chi connectivity index (χ0v) is 11.0. The first-order chi connectivity index (χ1) is 7.58. The van der Waals surface area contributed by atoms with E-state index in [0.29, 0.717) is 0 Å². The van der Waals surface area contributed by atoms with E-state index in [0.717, 1.165) is 12.0 Å². The molecule has 1 saturated carbocycles. The molecule has 0 amide bonds. The van der Waals surface area contributed by atoms with Crippen LogP contribution >= 0.6 is 0 Å². The molecule has 0 spiro atoms. The lowest BCUT2D eigenvalue weighted by Gasteiger charge is -2.19. The van der Waals surface area contributed by atoms with Crippen molar-refractivity contribution in [1.82, 2.24) is 4.90 Å². The lowest BCUT2D eigenvalue weighted by molar-refractivity contribution is 0.296. The van der Waals surface area contributed by atoms with Crippen LogP contribution in [0.5, 0.6) is 0 Å². The van der Waals surface area contributed by atoms with Crippen LogP contribution in [-0.2, 0) is 0 Å². The molecule has 0 saturated heterocycles. The Bertz CT molecular complexity index is 368. The second-order valence-electron chi connectivity index (χ2n) is 5.49. The fraction of sp³-hybridized carbons (Fsp3) is 0.600. The number of hydrogen-bond acceptors (Lipinski definition) is 1. The van der Waals surface area contributed by atoms with Crippen LogP contribution in [0.25, 0.3) is 0 Å². The molecule has 1 fully saturated rings. The van der Waals surface area contributed by atoms with Crippen molar-refractivity contribution >= 4 is 0 Å². The lowest BCUT2D eigenvalue weighted by atomic mass is 9.92. The maximum absolute atomic E-state index is 2.38. The van der Waals surface area contributed by atoms with E-state index < -0.39 is 0 Å². The van der Waals surface area contributed by atoms with Crippen molar-refractivity contribution in [3.8, 4) is 0 Å². The fourth-order valence-electron chi connectivity index (χ4n) is 2.99. The van der Waals surface area contributed by atoms with Crippen LogP contribution in [0.3, 0.4) is 0 Å². The molecule has 1 nitrogen and oxygen atoms in total. The maximum Gasteiger partial charge on any atom is 0.00952 e. The number of nitrogens with zero attached hydrogens (tertiary/aromatic N) is 1. The molecule has 2 rings (SSSR count). The second-order valence-corrected chi connectivity index (χ2v) is 5.49. The third-order valence-electron chi connectivity index (χ3n) is 4.00. The molecule has 0 heterocycles. The van der Waals surface area contributed by atoms with E-state index in [-0.39, 0.29) is 0 Å². The molecule has 16 heavy (non-hydrogen) atoms. The largest absolute Gasteiger partial charge is 0.306 e. The maximum atomic E-state index is 2.38. The van der Waals surface area contributed by atoms with Gasteiger partial charge in [-0.2, -0.15) is 0 Å². The average molecular weight is 217 g/mol. The number of benzene rings is 1. The first kappa shape index (κ1) is 11.7. The SMILES string of the molecule is Cc1ccc(C2CCC(N(C)C)C2)c(C)c1. The average Bonchev–Trinajstić information content (AvgIpc) is 2.66. The molecule has 88 valence electrons. The summed E-state index contributed by atoms with van der Waals surface area (Å²) >= 11 is 0.